The van der Waals surface area contributed by atoms with Gasteiger partial charge in [-0.05, 0) is 31.2 Å². The normalized spacial score (nSPS) is 10.8. The first kappa shape index (κ1) is 10.2. The topological polar surface area (TPSA) is 23.5 Å². The number of nitrogens with zero attached hydrogens (tertiary/aromatic N) is 1. The molecule has 0 aromatic heterocycles. The monoisotopic (exact) mass is 183 g/mol. The number of hydrogen-bond acceptors (Lipinski definition) is 2. The summed E-state index contributed by atoms with van der Waals surface area (Å²) < 4.78 is 12.5. The summed E-state index contributed by atoms with van der Waals surface area (Å²) in [7, 11) is 1.84. The minimum absolute atomic E-state index is 0.0567. The first-order valence-electron chi connectivity index (χ1n) is 4.26. The maximum atomic E-state index is 12.5. The number of benzene rings is 1. The van der Waals surface area contributed by atoms with Crippen LogP contribution in [0.5, 0.6) is 0 Å². The summed E-state index contributed by atoms with van der Waals surface area (Å²) in [4.78, 5) is 1.79. The van der Waals surface area contributed by atoms with E-state index in [0.717, 1.165) is 18.5 Å². The molecule has 2 nitrogen and oxygen atoms in total. The number of rotatable bonds is 4. The predicted molar refractivity (Wildman–Crippen MR) is 49.8 cm³/mol. The van der Waals surface area contributed by atoms with Crippen molar-refractivity contribution < 1.29 is 9.50 Å². The molecule has 13 heavy (non-hydrogen) atoms. The average Bonchev–Trinajstić information content (AvgIpc) is 2.16. The zero-order valence-electron chi connectivity index (χ0n) is 7.70. The summed E-state index contributed by atoms with van der Waals surface area (Å²) in [6.45, 7) is 0.837. The minimum Gasteiger partial charge on any atom is -0.381 e. The van der Waals surface area contributed by atoms with Gasteiger partial charge in [0.2, 0.25) is 0 Å². The molecule has 1 rings (SSSR count). The van der Waals surface area contributed by atoms with E-state index < -0.39 is 0 Å². The number of likely N-dealkylation sites (N-methyl/N-ethyl adjacent to an activating group) is 1. The molecular formula is C10H14FNO. The second-order valence-corrected chi connectivity index (χ2v) is 3.10. The number of aliphatic hydroxyl groups excluding tert-OH is 1. The molecule has 0 amide bonds. The van der Waals surface area contributed by atoms with Gasteiger partial charge in [-0.2, -0.15) is 0 Å². The SMILES string of the molecule is CN(CO)CCc1ccc(F)cc1. The lowest BCUT2D eigenvalue weighted by Crippen LogP contribution is -2.21. The summed E-state index contributed by atoms with van der Waals surface area (Å²) in [5.74, 6) is -0.209. The smallest absolute Gasteiger partial charge is 0.123 e. The Morgan fingerprint density at radius 3 is 2.46 bits per heavy atom. The van der Waals surface area contributed by atoms with Crippen LogP contribution in [0.2, 0.25) is 0 Å². The van der Waals surface area contributed by atoms with Crippen LogP contribution < -0.4 is 0 Å². The van der Waals surface area contributed by atoms with Crippen molar-refractivity contribution in [2.24, 2.45) is 0 Å². The zero-order valence-corrected chi connectivity index (χ0v) is 7.70. The maximum absolute atomic E-state index is 12.5. The van der Waals surface area contributed by atoms with Crippen molar-refractivity contribution in [1.82, 2.24) is 4.90 Å². The number of aliphatic hydroxyl groups is 1. The zero-order chi connectivity index (χ0) is 9.68. The molecule has 0 aliphatic carbocycles. The van der Waals surface area contributed by atoms with E-state index in [-0.39, 0.29) is 12.5 Å². The molecule has 3 heteroatoms. The standard InChI is InChI=1S/C10H14FNO/c1-12(8-13)7-6-9-2-4-10(11)5-3-9/h2-5,13H,6-8H2,1H3. The van der Waals surface area contributed by atoms with Crippen molar-refractivity contribution in [3.8, 4) is 0 Å². The van der Waals surface area contributed by atoms with Gasteiger partial charge < -0.3 is 5.11 Å². The Morgan fingerprint density at radius 2 is 1.92 bits per heavy atom. The molecule has 1 aromatic carbocycles. The Balaban J connectivity index is 2.41. The van der Waals surface area contributed by atoms with Crippen LogP contribution >= 0.6 is 0 Å². The van der Waals surface area contributed by atoms with Gasteiger partial charge in [0, 0.05) is 6.54 Å². The minimum atomic E-state index is -0.209. The summed E-state index contributed by atoms with van der Waals surface area (Å²) in [6, 6.07) is 6.43. The average molecular weight is 183 g/mol. The quantitative estimate of drug-likeness (QED) is 0.710. The van der Waals surface area contributed by atoms with Gasteiger partial charge in [-0.3, -0.25) is 4.90 Å². The van der Waals surface area contributed by atoms with Crippen molar-refractivity contribution in [3.63, 3.8) is 0 Å². The highest BCUT2D eigenvalue weighted by molar-refractivity contribution is 5.16. The molecule has 0 saturated carbocycles. The van der Waals surface area contributed by atoms with Crippen LogP contribution in [0.1, 0.15) is 5.56 Å². The van der Waals surface area contributed by atoms with Crippen LogP contribution in [0, 0.1) is 5.82 Å². The van der Waals surface area contributed by atoms with Crippen LogP contribution in [-0.2, 0) is 6.42 Å². The lowest BCUT2D eigenvalue weighted by molar-refractivity contribution is 0.134. The van der Waals surface area contributed by atoms with E-state index in [9.17, 15) is 4.39 Å². The third kappa shape index (κ3) is 3.53. The molecule has 0 bridgehead atoms. The fourth-order valence-electron chi connectivity index (χ4n) is 1.04. The van der Waals surface area contributed by atoms with Crippen molar-refractivity contribution >= 4 is 0 Å². The molecule has 0 fully saturated rings. The van der Waals surface area contributed by atoms with Crippen LogP contribution in [0.25, 0.3) is 0 Å². The largest absolute Gasteiger partial charge is 0.381 e. The van der Waals surface area contributed by atoms with Gasteiger partial charge in [0.15, 0.2) is 0 Å². The summed E-state index contributed by atoms with van der Waals surface area (Å²) in [5, 5.41) is 8.72. The third-order valence-electron chi connectivity index (χ3n) is 1.94. The maximum Gasteiger partial charge on any atom is 0.123 e. The fraction of sp³-hybridized carbons (Fsp3) is 0.400. The van der Waals surface area contributed by atoms with Gasteiger partial charge in [-0.25, -0.2) is 4.39 Å². The molecule has 1 aromatic rings. The molecule has 1 N–H and O–H groups in total. The van der Waals surface area contributed by atoms with Crippen molar-refractivity contribution in [1.29, 1.82) is 0 Å². The molecular weight excluding hydrogens is 169 g/mol. The Morgan fingerprint density at radius 1 is 1.31 bits per heavy atom. The molecule has 0 unspecified atom stereocenters. The van der Waals surface area contributed by atoms with E-state index in [1.807, 2.05) is 7.05 Å². The van der Waals surface area contributed by atoms with Gasteiger partial charge in [0.05, 0.1) is 6.73 Å². The lowest BCUT2D eigenvalue weighted by Gasteiger charge is -2.12. The summed E-state index contributed by atoms with van der Waals surface area (Å²) >= 11 is 0. The highest BCUT2D eigenvalue weighted by Gasteiger charge is 1.97. The van der Waals surface area contributed by atoms with Gasteiger partial charge in [0.1, 0.15) is 5.82 Å². The summed E-state index contributed by atoms with van der Waals surface area (Å²) in [6.07, 6.45) is 0.831. The Bertz CT molecular complexity index is 248. The highest BCUT2D eigenvalue weighted by Crippen LogP contribution is 2.03. The Kier molecular flexibility index (Phi) is 3.86. The van der Waals surface area contributed by atoms with E-state index >= 15 is 0 Å². The van der Waals surface area contributed by atoms with Crippen molar-refractivity contribution in [3.05, 3.63) is 35.6 Å². The van der Waals surface area contributed by atoms with Gasteiger partial charge >= 0.3 is 0 Å². The van der Waals surface area contributed by atoms with Crippen molar-refractivity contribution in [2.45, 2.75) is 6.42 Å². The van der Waals surface area contributed by atoms with Crippen LogP contribution in [0.15, 0.2) is 24.3 Å². The Hall–Kier alpha value is -0.930. The predicted octanol–water partition coefficient (Wildman–Crippen LogP) is 1.25. The van der Waals surface area contributed by atoms with Crippen molar-refractivity contribution in [2.75, 3.05) is 20.3 Å². The molecule has 0 aliphatic heterocycles. The third-order valence-corrected chi connectivity index (χ3v) is 1.94. The highest BCUT2D eigenvalue weighted by atomic mass is 19.1. The molecule has 0 spiro atoms. The summed E-state index contributed by atoms with van der Waals surface area (Å²) in [5.41, 5.74) is 1.08. The van der Waals surface area contributed by atoms with Crippen LogP contribution in [0.3, 0.4) is 0 Å². The molecule has 72 valence electrons. The molecule has 0 heterocycles. The molecule has 0 atom stereocenters. The Labute approximate surface area is 77.6 Å². The first-order valence-corrected chi connectivity index (χ1v) is 4.26. The molecule has 0 saturated heterocycles. The first-order chi connectivity index (χ1) is 6.22. The number of halogens is 1. The van der Waals surface area contributed by atoms with Crippen LogP contribution in [-0.4, -0.2) is 30.3 Å². The van der Waals surface area contributed by atoms with Gasteiger partial charge in [0.25, 0.3) is 0 Å². The molecule has 0 aliphatic rings. The van der Waals surface area contributed by atoms with E-state index in [2.05, 4.69) is 0 Å². The van der Waals surface area contributed by atoms with Gasteiger partial charge in [-0.15, -0.1) is 0 Å². The fourth-order valence-corrected chi connectivity index (χ4v) is 1.04. The molecule has 0 radical (unpaired) electrons. The van der Waals surface area contributed by atoms with E-state index in [4.69, 9.17) is 5.11 Å². The van der Waals surface area contributed by atoms with E-state index in [0.29, 0.717) is 0 Å². The van der Waals surface area contributed by atoms with E-state index in [1.165, 1.54) is 12.1 Å². The second kappa shape index (κ2) is 4.94. The number of hydrogen-bond donors (Lipinski definition) is 1. The lowest BCUT2D eigenvalue weighted by atomic mass is 10.1. The second-order valence-electron chi connectivity index (χ2n) is 3.10. The van der Waals surface area contributed by atoms with Crippen LogP contribution in [0.4, 0.5) is 4.39 Å². The van der Waals surface area contributed by atoms with E-state index in [1.54, 1.807) is 17.0 Å². The van der Waals surface area contributed by atoms with Gasteiger partial charge in [-0.1, -0.05) is 12.1 Å².